The van der Waals surface area contributed by atoms with Crippen molar-refractivity contribution in [3.8, 4) is 11.5 Å². The number of likely N-dealkylation sites (tertiary alicyclic amines) is 1. The molecule has 1 fully saturated rings. The van der Waals surface area contributed by atoms with Gasteiger partial charge in [-0.3, -0.25) is 4.79 Å². The first-order valence-electron chi connectivity index (χ1n) is 10.4. The van der Waals surface area contributed by atoms with Crippen molar-refractivity contribution in [2.75, 3.05) is 51.7 Å². The standard InChI is InChI=1S/C21H33N3O5/c1-14(2)27-7-3-5-24-6-4-15(18(25)13-24)12-23-21(26)17-10-16(22)11-19-20(17)29-9-8-28-19/h10-11,14-15,18,25H,3-9,12-13,22H2,1-2H3,(H,23,26)/t15-,18+/m0/s1. The zero-order chi connectivity index (χ0) is 20.8. The summed E-state index contributed by atoms with van der Waals surface area (Å²) >= 11 is 0. The fourth-order valence-electron chi connectivity index (χ4n) is 3.76. The van der Waals surface area contributed by atoms with E-state index in [1.165, 1.54) is 0 Å². The number of benzene rings is 1. The van der Waals surface area contributed by atoms with Gasteiger partial charge in [-0.25, -0.2) is 0 Å². The molecule has 0 bridgehead atoms. The molecule has 2 heterocycles. The van der Waals surface area contributed by atoms with Gasteiger partial charge in [0.1, 0.15) is 13.2 Å². The molecule has 162 valence electrons. The van der Waals surface area contributed by atoms with E-state index in [4.69, 9.17) is 19.9 Å². The Hall–Kier alpha value is -2.03. The molecule has 2 aliphatic heterocycles. The van der Waals surface area contributed by atoms with Crippen LogP contribution >= 0.6 is 0 Å². The summed E-state index contributed by atoms with van der Waals surface area (Å²) in [6.45, 7) is 8.48. The molecule has 29 heavy (non-hydrogen) atoms. The largest absolute Gasteiger partial charge is 0.486 e. The van der Waals surface area contributed by atoms with Gasteiger partial charge >= 0.3 is 0 Å². The lowest BCUT2D eigenvalue weighted by molar-refractivity contribution is 0.0145. The number of anilines is 1. The number of β-amino-alcohol motifs (C(OH)–C–C–N with tert-alkyl or cyclic N) is 1. The second-order valence-corrected chi connectivity index (χ2v) is 7.99. The first-order chi connectivity index (χ1) is 13.9. The predicted molar refractivity (Wildman–Crippen MR) is 110 cm³/mol. The molecule has 8 nitrogen and oxygen atoms in total. The average molecular weight is 408 g/mol. The maximum atomic E-state index is 12.7. The number of hydrogen-bond donors (Lipinski definition) is 3. The molecule has 0 unspecified atom stereocenters. The van der Waals surface area contributed by atoms with Gasteiger partial charge in [0.15, 0.2) is 11.5 Å². The van der Waals surface area contributed by atoms with Crippen molar-refractivity contribution in [1.82, 2.24) is 10.2 Å². The fourth-order valence-corrected chi connectivity index (χ4v) is 3.76. The van der Waals surface area contributed by atoms with Crippen LogP contribution in [-0.4, -0.2) is 74.1 Å². The van der Waals surface area contributed by atoms with E-state index in [0.29, 0.717) is 49.1 Å². The van der Waals surface area contributed by atoms with E-state index in [9.17, 15) is 9.90 Å². The number of ether oxygens (including phenoxy) is 3. The summed E-state index contributed by atoms with van der Waals surface area (Å²) in [7, 11) is 0. The minimum Gasteiger partial charge on any atom is -0.486 e. The van der Waals surface area contributed by atoms with Gasteiger partial charge in [0, 0.05) is 43.9 Å². The number of amides is 1. The van der Waals surface area contributed by atoms with E-state index >= 15 is 0 Å². The number of aliphatic hydroxyl groups excluding tert-OH is 1. The Labute approximate surface area is 172 Å². The third-order valence-electron chi connectivity index (χ3n) is 5.31. The number of rotatable bonds is 8. The third-order valence-corrected chi connectivity index (χ3v) is 5.31. The Bertz CT molecular complexity index is 697. The number of nitrogens with zero attached hydrogens (tertiary/aromatic N) is 1. The molecule has 1 amide bonds. The second-order valence-electron chi connectivity index (χ2n) is 7.99. The van der Waals surface area contributed by atoms with E-state index < -0.39 is 6.10 Å². The summed E-state index contributed by atoms with van der Waals surface area (Å²) in [5.74, 6) is 0.689. The molecule has 1 aromatic carbocycles. The lowest BCUT2D eigenvalue weighted by Gasteiger charge is -2.36. The van der Waals surface area contributed by atoms with Crippen LogP contribution in [0.15, 0.2) is 12.1 Å². The van der Waals surface area contributed by atoms with Gasteiger partial charge in [0.25, 0.3) is 5.91 Å². The number of fused-ring (bicyclic) bond motifs is 1. The number of carbonyl (C=O) groups is 1. The lowest BCUT2D eigenvalue weighted by atomic mass is 9.93. The molecule has 0 aromatic heterocycles. The normalized spacial score (nSPS) is 21.9. The highest BCUT2D eigenvalue weighted by Crippen LogP contribution is 2.36. The zero-order valence-electron chi connectivity index (χ0n) is 17.4. The van der Waals surface area contributed by atoms with Crippen molar-refractivity contribution in [3.63, 3.8) is 0 Å². The quantitative estimate of drug-likeness (QED) is 0.440. The number of aliphatic hydroxyl groups is 1. The van der Waals surface area contributed by atoms with Gasteiger partial charge in [-0.15, -0.1) is 0 Å². The Morgan fingerprint density at radius 2 is 2.17 bits per heavy atom. The smallest absolute Gasteiger partial charge is 0.255 e. The van der Waals surface area contributed by atoms with Crippen LogP contribution in [0.4, 0.5) is 5.69 Å². The maximum Gasteiger partial charge on any atom is 0.255 e. The van der Waals surface area contributed by atoms with Crippen LogP contribution in [0.5, 0.6) is 11.5 Å². The number of nitrogen functional groups attached to an aromatic ring is 1. The molecule has 0 saturated carbocycles. The summed E-state index contributed by atoms with van der Waals surface area (Å²) in [4.78, 5) is 15.0. The summed E-state index contributed by atoms with van der Waals surface area (Å²) in [5, 5.41) is 13.4. The fraction of sp³-hybridized carbons (Fsp3) is 0.667. The monoisotopic (exact) mass is 407 g/mol. The number of carbonyl (C=O) groups excluding carboxylic acids is 1. The maximum absolute atomic E-state index is 12.7. The van der Waals surface area contributed by atoms with Crippen molar-refractivity contribution in [3.05, 3.63) is 17.7 Å². The lowest BCUT2D eigenvalue weighted by Crippen LogP contribution is -2.48. The molecule has 0 spiro atoms. The Balaban J connectivity index is 1.47. The van der Waals surface area contributed by atoms with Crippen molar-refractivity contribution in [1.29, 1.82) is 0 Å². The van der Waals surface area contributed by atoms with Crippen molar-refractivity contribution >= 4 is 11.6 Å². The number of nitrogens with two attached hydrogens (primary N) is 1. The van der Waals surface area contributed by atoms with Gasteiger partial charge in [0.2, 0.25) is 0 Å². The zero-order valence-corrected chi connectivity index (χ0v) is 17.4. The van der Waals surface area contributed by atoms with Gasteiger partial charge in [-0.2, -0.15) is 0 Å². The summed E-state index contributed by atoms with van der Waals surface area (Å²) in [5.41, 5.74) is 6.72. The summed E-state index contributed by atoms with van der Waals surface area (Å²) in [6, 6.07) is 3.26. The number of nitrogens with one attached hydrogen (secondary N) is 1. The van der Waals surface area contributed by atoms with E-state index in [2.05, 4.69) is 10.2 Å². The Morgan fingerprint density at radius 1 is 1.38 bits per heavy atom. The molecule has 8 heteroatoms. The molecule has 1 saturated heterocycles. The van der Waals surface area contributed by atoms with Crippen LogP contribution in [0.3, 0.4) is 0 Å². The van der Waals surface area contributed by atoms with E-state index in [1.807, 2.05) is 13.8 Å². The van der Waals surface area contributed by atoms with Crippen LogP contribution in [0.1, 0.15) is 37.0 Å². The van der Waals surface area contributed by atoms with Gasteiger partial charge in [-0.1, -0.05) is 0 Å². The topological polar surface area (TPSA) is 106 Å². The van der Waals surface area contributed by atoms with Crippen molar-refractivity contribution in [2.24, 2.45) is 5.92 Å². The molecule has 1 aromatic rings. The SMILES string of the molecule is CC(C)OCCCN1CC[C@@H](CNC(=O)c2cc(N)cc3c2OCCO3)[C@H](O)C1. The first-order valence-corrected chi connectivity index (χ1v) is 10.4. The molecular weight excluding hydrogens is 374 g/mol. The van der Waals surface area contributed by atoms with Gasteiger partial charge in [0.05, 0.1) is 17.8 Å². The van der Waals surface area contributed by atoms with Gasteiger partial charge < -0.3 is 35.3 Å². The number of piperidine rings is 1. The van der Waals surface area contributed by atoms with E-state index in [-0.39, 0.29) is 17.9 Å². The molecule has 0 radical (unpaired) electrons. The summed E-state index contributed by atoms with van der Waals surface area (Å²) < 4.78 is 16.7. The van der Waals surface area contributed by atoms with Crippen LogP contribution < -0.4 is 20.5 Å². The number of hydrogen-bond acceptors (Lipinski definition) is 7. The minimum absolute atomic E-state index is 0.0242. The van der Waals surface area contributed by atoms with Crippen LogP contribution in [-0.2, 0) is 4.74 Å². The molecular formula is C21H33N3O5. The predicted octanol–water partition coefficient (Wildman–Crippen LogP) is 1.27. The first kappa shape index (κ1) is 21.7. The highest BCUT2D eigenvalue weighted by molar-refractivity contribution is 5.99. The van der Waals surface area contributed by atoms with Crippen LogP contribution in [0.25, 0.3) is 0 Å². The minimum atomic E-state index is -0.468. The highest BCUT2D eigenvalue weighted by Gasteiger charge is 2.29. The van der Waals surface area contributed by atoms with E-state index in [1.54, 1.807) is 12.1 Å². The van der Waals surface area contributed by atoms with E-state index in [0.717, 1.165) is 32.5 Å². The third kappa shape index (κ3) is 5.98. The van der Waals surface area contributed by atoms with Gasteiger partial charge in [-0.05, 0) is 39.3 Å². The second kappa shape index (κ2) is 10.1. The van der Waals surface area contributed by atoms with Crippen molar-refractivity contribution in [2.45, 2.75) is 38.9 Å². The summed E-state index contributed by atoms with van der Waals surface area (Å²) in [6.07, 6.45) is 1.57. The average Bonchev–Trinajstić information content (AvgIpc) is 2.69. The highest BCUT2D eigenvalue weighted by atomic mass is 16.6. The van der Waals surface area contributed by atoms with Crippen LogP contribution in [0, 0.1) is 5.92 Å². The van der Waals surface area contributed by atoms with Crippen molar-refractivity contribution < 1.29 is 24.1 Å². The molecule has 2 aliphatic rings. The molecule has 4 N–H and O–H groups in total. The van der Waals surface area contributed by atoms with Crippen LogP contribution in [0.2, 0.25) is 0 Å². The molecule has 2 atom stereocenters. The molecule has 0 aliphatic carbocycles. The Morgan fingerprint density at radius 3 is 2.93 bits per heavy atom. The molecule has 3 rings (SSSR count). The Kier molecular flexibility index (Phi) is 7.57.